The summed E-state index contributed by atoms with van der Waals surface area (Å²) >= 11 is 0. The van der Waals surface area contributed by atoms with E-state index in [1.165, 1.54) is 49.9 Å². The molecule has 4 rings (SSSR count). The van der Waals surface area contributed by atoms with Crippen molar-refractivity contribution in [1.29, 1.82) is 0 Å². The summed E-state index contributed by atoms with van der Waals surface area (Å²) in [4.78, 5) is 2.77. The average molecular weight is 300 g/mol. The topological polar surface area (TPSA) is 24.5 Å². The van der Waals surface area contributed by atoms with Gasteiger partial charge in [0, 0.05) is 24.0 Å². The first-order chi connectivity index (χ1) is 10.7. The van der Waals surface area contributed by atoms with Crippen LogP contribution in [0.15, 0.2) is 18.2 Å². The van der Waals surface area contributed by atoms with Crippen LogP contribution in [0.5, 0.6) is 5.75 Å². The second-order valence-electron chi connectivity index (χ2n) is 7.67. The highest BCUT2D eigenvalue weighted by Gasteiger charge is 2.50. The van der Waals surface area contributed by atoms with E-state index in [0.29, 0.717) is 12.1 Å². The summed E-state index contributed by atoms with van der Waals surface area (Å²) in [5.74, 6) is 1.97. The van der Waals surface area contributed by atoms with Gasteiger partial charge < -0.3 is 10.1 Å². The van der Waals surface area contributed by atoms with E-state index in [-0.39, 0.29) is 5.41 Å². The Balaban J connectivity index is 1.72. The van der Waals surface area contributed by atoms with Gasteiger partial charge in [-0.3, -0.25) is 4.90 Å². The Labute approximate surface area is 134 Å². The van der Waals surface area contributed by atoms with Crippen LogP contribution in [0.25, 0.3) is 0 Å². The minimum absolute atomic E-state index is 0.224. The lowest BCUT2D eigenvalue weighted by atomic mass is 9.61. The van der Waals surface area contributed by atoms with Crippen LogP contribution < -0.4 is 10.1 Å². The molecule has 1 saturated carbocycles. The van der Waals surface area contributed by atoms with Crippen molar-refractivity contribution >= 4 is 0 Å². The number of methoxy groups -OCH3 is 1. The first-order valence-electron chi connectivity index (χ1n) is 8.74. The Morgan fingerprint density at radius 2 is 2.18 bits per heavy atom. The Morgan fingerprint density at radius 1 is 1.36 bits per heavy atom. The normalized spacial score (nSPS) is 34.3. The third-order valence-electron chi connectivity index (χ3n) is 6.32. The van der Waals surface area contributed by atoms with Crippen LogP contribution in [0, 0.1) is 5.92 Å². The van der Waals surface area contributed by atoms with Gasteiger partial charge in [-0.1, -0.05) is 13.0 Å². The van der Waals surface area contributed by atoms with Crippen LogP contribution in [-0.2, 0) is 11.8 Å². The molecule has 1 heterocycles. The molecule has 1 aromatic rings. The van der Waals surface area contributed by atoms with Gasteiger partial charge in [0.15, 0.2) is 0 Å². The summed E-state index contributed by atoms with van der Waals surface area (Å²) in [5.41, 5.74) is 3.26. The molecule has 1 N–H and O–H groups in total. The Kier molecular flexibility index (Phi) is 3.46. The molecule has 0 amide bonds. The number of ether oxygens (including phenoxy) is 1. The second kappa shape index (κ2) is 5.24. The fourth-order valence-electron chi connectivity index (χ4n) is 4.87. The van der Waals surface area contributed by atoms with E-state index < -0.39 is 0 Å². The minimum atomic E-state index is 0.224. The lowest BCUT2D eigenvalue weighted by Gasteiger charge is -2.55. The first-order valence-corrected chi connectivity index (χ1v) is 8.74. The van der Waals surface area contributed by atoms with E-state index >= 15 is 0 Å². The van der Waals surface area contributed by atoms with Crippen molar-refractivity contribution in [3.05, 3.63) is 29.3 Å². The van der Waals surface area contributed by atoms with Gasteiger partial charge in [0.05, 0.1) is 7.11 Å². The molecule has 1 aliphatic heterocycles. The van der Waals surface area contributed by atoms with Crippen LogP contribution in [0.3, 0.4) is 0 Å². The van der Waals surface area contributed by atoms with Gasteiger partial charge in [-0.25, -0.2) is 0 Å². The number of fused-ring (bicyclic) bond motifs is 4. The van der Waals surface area contributed by atoms with E-state index in [2.05, 4.69) is 42.4 Å². The molecule has 0 spiro atoms. The number of likely N-dealkylation sites (N-methyl/N-ethyl adjacent to an activating group) is 1. The fourth-order valence-corrected chi connectivity index (χ4v) is 4.87. The Bertz CT molecular complexity index is 569. The largest absolute Gasteiger partial charge is 0.497 e. The number of benzene rings is 1. The van der Waals surface area contributed by atoms with Gasteiger partial charge in [-0.15, -0.1) is 0 Å². The number of hydrogen-bond donors (Lipinski definition) is 1. The molecule has 120 valence electrons. The maximum atomic E-state index is 5.48. The fraction of sp³-hybridized carbons (Fsp3) is 0.684. The highest BCUT2D eigenvalue weighted by molar-refractivity contribution is 5.45. The summed E-state index contributed by atoms with van der Waals surface area (Å²) < 4.78 is 5.48. The quantitative estimate of drug-likeness (QED) is 0.925. The van der Waals surface area contributed by atoms with Gasteiger partial charge in [0.2, 0.25) is 0 Å². The maximum absolute atomic E-state index is 5.48. The van der Waals surface area contributed by atoms with Gasteiger partial charge in [-0.2, -0.15) is 0 Å². The Hall–Kier alpha value is -1.06. The zero-order valence-electron chi connectivity index (χ0n) is 14.1. The van der Waals surface area contributed by atoms with Crippen LogP contribution in [-0.4, -0.2) is 44.2 Å². The standard InChI is InChI=1S/C19H28N2O/c1-19-8-9-21(12-13-4-5-13)17(18(19)20-2)10-14-6-7-15(22-3)11-16(14)19/h6-7,11,13,17-18,20H,4-5,8-10,12H2,1-3H3/t17?,18-,19-/m1/s1. The molecule has 3 nitrogen and oxygen atoms in total. The monoisotopic (exact) mass is 300 g/mol. The molecule has 3 atom stereocenters. The summed E-state index contributed by atoms with van der Waals surface area (Å²) in [6.07, 6.45) is 5.30. The summed E-state index contributed by atoms with van der Waals surface area (Å²) in [6, 6.07) is 7.89. The Morgan fingerprint density at radius 3 is 2.86 bits per heavy atom. The van der Waals surface area contributed by atoms with E-state index in [1.54, 1.807) is 7.11 Å². The molecule has 3 heteroatoms. The molecule has 1 unspecified atom stereocenters. The van der Waals surface area contributed by atoms with Crippen molar-refractivity contribution in [3.8, 4) is 5.75 Å². The van der Waals surface area contributed by atoms with Crippen LogP contribution in [0.1, 0.15) is 37.3 Å². The molecular formula is C19H28N2O. The molecule has 2 aliphatic carbocycles. The molecule has 22 heavy (non-hydrogen) atoms. The van der Waals surface area contributed by atoms with Crippen molar-refractivity contribution in [2.45, 2.75) is 50.1 Å². The second-order valence-corrected chi connectivity index (χ2v) is 7.67. The third-order valence-corrected chi connectivity index (χ3v) is 6.32. The molecule has 1 saturated heterocycles. The zero-order chi connectivity index (χ0) is 15.3. The van der Waals surface area contributed by atoms with Crippen LogP contribution >= 0.6 is 0 Å². The van der Waals surface area contributed by atoms with Gasteiger partial charge in [0.25, 0.3) is 0 Å². The third kappa shape index (κ3) is 2.17. The predicted molar refractivity (Wildman–Crippen MR) is 89.6 cm³/mol. The van der Waals surface area contributed by atoms with Crippen molar-refractivity contribution < 1.29 is 4.74 Å². The minimum Gasteiger partial charge on any atom is -0.497 e. The van der Waals surface area contributed by atoms with Crippen LogP contribution in [0.4, 0.5) is 0 Å². The van der Waals surface area contributed by atoms with Crippen molar-refractivity contribution in [1.82, 2.24) is 10.2 Å². The molecule has 0 aromatic heterocycles. The SMILES string of the molecule is CN[C@@H]1C2Cc3ccc(OC)cc3[C@@]1(C)CCN2CC1CC1. The molecule has 0 radical (unpaired) electrons. The lowest BCUT2D eigenvalue weighted by Crippen LogP contribution is -2.66. The van der Waals surface area contributed by atoms with Crippen molar-refractivity contribution in [2.75, 3.05) is 27.2 Å². The molecular weight excluding hydrogens is 272 g/mol. The van der Waals surface area contributed by atoms with E-state index in [9.17, 15) is 0 Å². The highest BCUT2D eigenvalue weighted by atomic mass is 16.5. The molecule has 2 bridgehead atoms. The summed E-state index contributed by atoms with van der Waals surface area (Å²) in [7, 11) is 3.91. The van der Waals surface area contributed by atoms with Gasteiger partial charge >= 0.3 is 0 Å². The molecule has 2 fully saturated rings. The van der Waals surface area contributed by atoms with E-state index in [0.717, 1.165) is 11.7 Å². The zero-order valence-corrected chi connectivity index (χ0v) is 14.1. The number of nitrogens with zero attached hydrogens (tertiary/aromatic N) is 1. The van der Waals surface area contributed by atoms with Gasteiger partial charge in [0.1, 0.15) is 5.75 Å². The van der Waals surface area contributed by atoms with Crippen molar-refractivity contribution in [2.24, 2.45) is 5.92 Å². The molecule has 1 aromatic carbocycles. The number of nitrogens with one attached hydrogen (secondary N) is 1. The van der Waals surface area contributed by atoms with Gasteiger partial charge in [-0.05, 0) is 68.5 Å². The lowest BCUT2D eigenvalue weighted by molar-refractivity contribution is 0.0464. The van der Waals surface area contributed by atoms with E-state index in [1.807, 2.05) is 0 Å². The first kappa shape index (κ1) is 14.5. The smallest absolute Gasteiger partial charge is 0.119 e. The number of likely N-dealkylation sites (tertiary alicyclic amines) is 1. The predicted octanol–water partition coefficient (Wildman–Crippen LogP) is 2.58. The summed E-state index contributed by atoms with van der Waals surface area (Å²) in [6.45, 7) is 5.00. The average Bonchev–Trinajstić information content (AvgIpc) is 3.34. The van der Waals surface area contributed by atoms with Crippen molar-refractivity contribution in [3.63, 3.8) is 0 Å². The molecule has 3 aliphatic rings. The maximum Gasteiger partial charge on any atom is 0.119 e. The summed E-state index contributed by atoms with van der Waals surface area (Å²) in [5, 5.41) is 3.67. The van der Waals surface area contributed by atoms with Crippen LogP contribution in [0.2, 0.25) is 0 Å². The highest BCUT2D eigenvalue weighted by Crippen LogP contribution is 2.46. The number of rotatable bonds is 4. The number of hydrogen-bond acceptors (Lipinski definition) is 3. The number of piperidine rings is 1. The van der Waals surface area contributed by atoms with E-state index in [4.69, 9.17) is 4.74 Å².